The molecular weight excluding hydrogens is 233 g/mol. The van der Waals surface area contributed by atoms with Crippen molar-refractivity contribution in [2.45, 2.75) is 6.92 Å². The lowest BCUT2D eigenvalue weighted by atomic mass is 10.1. The molecule has 0 aliphatic heterocycles. The van der Waals surface area contributed by atoms with E-state index in [2.05, 4.69) is 4.98 Å². The highest BCUT2D eigenvalue weighted by molar-refractivity contribution is 5.81. The molecule has 94 valence electrons. The highest BCUT2D eigenvalue weighted by Gasteiger charge is 2.15. The van der Waals surface area contributed by atoms with Gasteiger partial charge in [0.2, 0.25) is 0 Å². The van der Waals surface area contributed by atoms with E-state index in [1.807, 2.05) is 0 Å². The molecule has 0 spiro atoms. The third-order valence-electron chi connectivity index (χ3n) is 2.54. The smallest absolute Gasteiger partial charge is 0.174 e. The van der Waals surface area contributed by atoms with Crippen molar-refractivity contribution in [2.24, 2.45) is 0 Å². The predicted molar refractivity (Wildman–Crippen MR) is 69.6 cm³/mol. The van der Waals surface area contributed by atoms with Crippen molar-refractivity contribution < 1.29 is 9.13 Å². The number of anilines is 2. The fourth-order valence-electron chi connectivity index (χ4n) is 1.66. The SMILES string of the molecule is CCOc1cccc(-c2nccc(N)c2N)c1F. The van der Waals surface area contributed by atoms with Crippen molar-refractivity contribution >= 4 is 11.4 Å². The number of aromatic nitrogens is 1. The molecule has 0 bridgehead atoms. The molecule has 0 aliphatic carbocycles. The van der Waals surface area contributed by atoms with E-state index in [1.165, 1.54) is 6.20 Å². The van der Waals surface area contributed by atoms with Gasteiger partial charge in [0.1, 0.15) is 0 Å². The summed E-state index contributed by atoms with van der Waals surface area (Å²) in [5.41, 5.74) is 12.8. The standard InChI is InChI=1S/C13H14FN3O/c1-2-18-10-5-3-4-8(11(10)14)13-12(16)9(15)6-7-17-13/h3-7H,2,16H2,1H3,(H2,15,17). The molecule has 0 saturated carbocycles. The zero-order chi connectivity index (χ0) is 13.1. The average molecular weight is 247 g/mol. The molecule has 0 fully saturated rings. The van der Waals surface area contributed by atoms with Crippen LogP contribution in [0.2, 0.25) is 0 Å². The van der Waals surface area contributed by atoms with Gasteiger partial charge in [0.25, 0.3) is 0 Å². The van der Waals surface area contributed by atoms with Gasteiger partial charge < -0.3 is 16.2 Å². The topological polar surface area (TPSA) is 74.2 Å². The zero-order valence-electron chi connectivity index (χ0n) is 9.98. The molecule has 1 aromatic carbocycles. The Labute approximate surface area is 104 Å². The van der Waals surface area contributed by atoms with Crippen molar-refractivity contribution in [1.82, 2.24) is 4.98 Å². The minimum Gasteiger partial charge on any atom is -0.491 e. The number of hydrogen-bond donors (Lipinski definition) is 2. The molecule has 0 radical (unpaired) electrons. The average Bonchev–Trinajstić information content (AvgIpc) is 2.36. The summed E-state index contributed by atoms with van der Waals surface area (Å²) in [6, 6.07) is 6.41. The Morgan fingerprint density at radius 2 is 2.06 bits per heavy atom. The Hall–Kier alpha value is -2.30. The van der Waals surface area contributed by atoms with Gasteiger partial charge in [0.15, 0.2) is 11.6 Å². The lowest BCUT2D eigenvalue weighted by Crippen LogP contribution is -2.01. The summed E-state index contributed by atoms with van der Waals surface area (Å²) in [5, 5.41) is 0. The number of nitrogens with zero attached hydrogens (tertiary/aromatic N) is 1. The number of hydrogen-bond acceptors (Lipinski definition) is 4. The number of ether oxygens (including phenoxy) is 1. The van der Waals surface area contributed by atoms with E-state index in [0.717, 1.165) is 0 Å². The van der Waals surface area contributed by atoms with Crippen LogP contribution in [-0.4, -0.2) is 11.6 Å². The molecule has 18 heavy (non-hydrogen) atoms. The van der Waals surface area contributed by atoms with Gasteiger partial charge in [-0.05, 0) is 25.1 Å². The molecule has 4 nitrogen and oxygen atoms in total. The minimum absolute atomic E-state index is 0.179. The molecule has 1 aromatic heterocycles. The van der Waals surface area contributed by atoms with Crippen molar-refractivity contribution in [3.05, 3.63) is 36.3 Å². The summed E-state index contributed by atoms with van der Waals surface area (Å²) in [4.78, 5) is 4.07. The Bertz CT molecular complexity index is 572. The maximum atomic E-state index is 14.2. The summed E-state index contributed by atoms with van der Waals surface area (Å²) in [7, 11) is 0. The second kappa shape index (κ2) is 4.91. The van der Waals surface area contributed by atoms with Gasteiger partial charge in [-0.3, -0.25) is 4.98 Å². The fraction of sp³-hybridized carbons (Fsp3) is 0.154. The summed E-state index contributed by atoms with van der Waals surface area (Å²) in [6.45, 7) is 2.18. The van der Waals surface area contributed by atoms with E-state index < -0.39 is 5.82 Å². The highest BCUT2D eigenvalue weighted by atomic mass is 19.1. The third-order valence-corrected chi connectivity index (χ3v) is 2.54. The van der Waals surface area contributed by atoms with Gasteiger partial charge in [-0.25, -0.2) is 4.39 Å². The normalized spacial score (nSPS) is 10.3. The zero-order valence-corrected chi connectivity index (χ0v) is 9.98. The second-order valence-corrected chi connectivity index (χ2v) is 3.71. The molecule has 4 N–H and O–H groups in total. The number of benzene rings is 1. The van der Waals surface area contributed by atoms with Crippen molar-refractivity contribution in [1.29, 1.82) is 0 Å². The van der Waals surface area contributed by atoms with Crippen LogP contribution in [0.5, 0.6) is 5.75 Å². The first kappa shape index (κ1) is 12.2. The van der Waals surface area contributed by atoms with Crippen LogP contribution in [0.15, 0.2) is 30.5 Å². The minimum atomic E-state index is -0.482. The maximum absolute atomic E-state index is 14.2. The van der Waals surface area contributed by atoms with Crippen LogP contribution in [0.1, 0.15) is 6.92 Å². The van der Waals surface area contributed by atoms with Gasteiger partial charge in [0, 0.05) is 11.8 Å². The second-order valence-electron chi connectivity index (χ2n) is 3.71. The van der Waals surface area contributed by atoms with E-state index in [9.17, 15) is 4.39 Å². The molecule has 2 aromatic rings. The molecule has 0 saturated heterocycles. The summed E-state index contributed by atoms with van der Waals surface area (Å²) < 4.78 is 19.4. The fourth-order valence-corrected chi connectivity index (χ4v) is 1.66. The number of halogens is 1. The van der Waals surface area contributed by atoms with E-state index in [1.54, 1.807) is 31.2 Å². The first-order chi connectivity index (χ1) is 8.65. The van der Waals surface area contributed by atoms with Crippen LogP contribution in [0, 0.1) is 5.82 Å². The van der Waals surface area contributed by atoms with Crippen LogP contribution >= 0.6 is 0 Å². The molecule has 0 aliphatic rings. The van der Waals surface area contributed by atoms with E-state index in [0.29, 0.717) is 18.0 Å². The molecular formula is C13H14FN3O. The number of pyridine rings is 1. The first-order valence-electron chi connectivity index (χ1n) is 5.56. The quantitative estimate of drug-likeness (QED) is 0.873. The maximum Gasteiger partial charge on any atom is 0.174 e. The monoisotopic (exact) mass is 247 g/mol. The third kappa shape index (κ3) is 2.07. The van der Waals surface area contributed by atoms with Gasteiger partial charge in [-0.1, -0.05) is 6.07 Å². The highest BCUT2D eigenvalue weighted by Crippen LogP contribution is 2.33. The number of rotatable bonds is 3. The van der Waals surface area contributed by atoms with E-state index in [4.69, 9.17) is 16.2 Å². The Morgan fingerprint density at radius 1 is 1.28 bits per heavy atom. The largest absolute Gasteiger partial charge is 0.491 e. The first-order valence-corrected chi connectivity index (χ1v) is 5.56. The Morgan fingerprint density at radius 3 is 2.78 bits per heavy atom. The molecule has 5 heteroatoms. The van der Waals surface area contributed by atoms with Crippen LogP contribution < -0.4 is 16.2 Å². The Balaban J connectivity index is 2.57. The van der Waals surface area contributed by atoms with Crippen molar-refractivity contribution in [2.75, 3.05) is 18.1 Å². The van der Waals surface area contributed by atoms with Crippen molar-refractivity contribution in [3.63, 3.8) is 0 Å². The predicted octanol–water partition coefficient (Wildman–Crippen LogP) is 2.45. The van der Waals surface area contributed by atoms with Crippen molar-refractivity contribution in [3.8, 4) is 17.0 Å². The van der Waals surface area contributed by atoms with Gasteiger partial charge in [-0.2, -0.15) is 0 Å². The molecule has 0 amide bonds. The van der Waals surface area contributed by atoms with Crippen LogP contribution in [0.4, 0.5) is 15.8 Å². The molecule has 1 heterocycles. The van der Waals surface area contributed by atoms with Gasteiger partial charge in [-0.15, -0.1) is 0 Å². The van der Waals surface area contributed by atoms with Gasteiger partial charge >= 0.3 is 0 Å². The summed E-state index contributed by atoms with van der Waals surface area (Å²) in [6.07, 6.45) is 1.49. The molecule has 0 atom stereocenters. The van der Waals surface area contributed by atoms with Crippen LogP contribution in [-0.2, 0) is 0 Å². The van der Waals surface area contributed by atoms with E-state index >= 15 is 0 Å². The molecule has 0 unspecified atom stereocenters. The van der Waals surface area contributed by atoms with Crippen LogP contribution in [0.3, 0.4) is 0 Å². The number of nitrogens with two attached hydrogens (primary N) is 2. The molecule has 2 rings (SSSR count). The Kier molecular flexibility index (Phi) is 3.32. The van der Waals surface area contributed by atoms with E-state index in [-0.39, 0.29) is 17.0 Å². The van der Waals surface area contributed by atoms with Gasteiger partial charge in [0.05, 0.1) is 23.7 Å². The summed E-state index contributed by atoms with van der Waals surface area (Å²) >= 11 is 0. The number of nitrogen functional groups attached to an aromatic ring is 2. The lowest BCUT2D eigenvalue weighted by molar-refractivity contribution is 0.322. The summed E-state index contributed by atoms with van der Waals surface area (Å²) in [5.74, 6) is -0.303. The lowest BCUT2D eigenvalue weighted by Gasteiger charge is -2.11. The van der Waals surface area contributed by atoms with Crippen LogP contribution in [0.25, 0.3) is 11.3 Å².